The van der Waals surface area contributed by atoms with Crippen LogP contribution in [0.4, 0.5) is 4.39 Å². The van der Waals surface area contributed by atoms with Gasteiger partial charge in [-0.25, -0.2) is 4.39 Å². The number of carbonyl (C=O) groups excluding carboxylic acids is 2. The Kier molecular flexibility index (Phi) is 6.22. The van der Waals surface area contributed by atoms with Crippen LogP contribution in [-0.2, 0) is 22.6 Å². The third-order valence-corrected chi connectivity index (χ3v) is 5.74. The van der Waals surface area contributed by atoms with E-state index in [4.69, 9.17) is 4.74 Å². The van der Waals surface area contributed by atoms with Crippen molar-refractivity contribution in [2.24, 2.45) is 0 Å². The summed E-state index contributed by atoms with van der Waals surface area (Å²) in [5.41, 5.74) is 2.51. The molecule has 1 aromatic heterocycles. The van der Waals surface area contributed by atoms with Crippen LogP contribution in [0.3, 0.4) is 0 Å². The summed E-state index contributed by atoms with van der Waals surface area (Å²) in [6.07, 6.45) is 4.08. The fourth-order valence-corrected chi connectivity index (χ4v) is 3.98. The molecule has 2 aromatic carbocycles. The molecule has 6 nitrogen and oxygen atoms in total. The number of ketones is 1. The van der Waals surface area contributed by atoms with Gasteiger partial charge in [0.05, 0.1) is 18.7 Å². The van der Waals surface area contributed by atoms with Crippen molar-refractivity contribution in [3.05, 3.63) is 101 Å². The molecular formula is C26H23FN2O4. The molecule has 1 N–H and O–H groups in total. The van der Waals surface area contributed by atoms with E-state index in [-0.39, 0.29) is 23.4 Å². The maximum Gasteiger partial charge on any atom is 0.295 e. The fraction of sp³-hybridized carbons (Fsp3) is 0.192. The zero-order valence-corrected chi connectivity index (χ0v) is 18.3. The molecule has 1 atom stereocenters. The van der Waals surface area contributed by atoms with Gasteiger partial charge >= 0.3 is 0 Å². The highest BCUT2D eigenvalue weighted by atomic mass is 19.1. The Balaban J connectivity index is 1.85. The highest BCUT2D eigenvalue weighted by Gasteiger charge is 2.46. The number of aryl methyl sites for hydroxylation is 1. The van der Waals surface area contributed by atoms with E-state index < -0.39 is 29.3 Å². The molecule has 1 aliphatic heterocycles. The number of halogens is 1. The molecule has 168 valence electrons. The molecule has 1 saturated heterocycles. The predicted molar refractivity (Wildman–Crippen MR) is 121 cm³/mol. The Morgan fingerprint density at radius 3 is 2.48 bits per heavy atom. The van der Waals surface area contributed by atoms with E-state index in [1.54, 1.807) is 18.5 Å². The first-order chi connectivity index (χ1) is 15.9. The summed E-state index contributed by atoms with van der Waals surface area (Å²) in [6, 6.07) is 14.1. The van der Waals surface area contributed by atoms with E-state index >= 15 is 0 Å². The molecule has 1 aliphatic rings. The van der Waals surface area contributed by atoms with E-state index in [1.807, 2.05) is 37.3 Å². The summed E-state index contributed by atoms with van der Waals surface area (Å²) in [6.45, 7) is 2.16. The number of Topliss-reactive ketones (excluding diaryl/α,β-unsaturated/α-hetero) is 1. The molecule has 4 rings (SSSR count). The number of rotatable bonds is 6. The molecule has 1 amide bonds. The smallest absolute Gasteiger partial charge is 0.295 e. The summed E-state index contributed by atoms with van der Waals surface area (Å²) in [5, 5.41) is 11.1. The Hall–Kier alpha value is -4.00. The molecule has 2 heterocycles. The highest BCUT2D eigenvalue weighted by Crippen LogP contribution is 2.40. The number of nitrogens with zero attached hydrogens (tertiary/aromatic N) is 2. The van der Waals surface area contributed by atoms with Gasteiger partial charge < -0.3 is 14.7 Å². The van der Waals surface area contributed by atoms with Crippen LogP contribution in [-0.4, -0.2) is 33.8 Å². The minimum absolute atomic E-state index is 0.00952. The van der Waals surface area contributed by atoms with Gasteiger partial charge in [-0.05, 0) is 47.4 Å². The first-order valence-corrected chi connectivity index (χ1v) is 10.5. The second-order valence-electron chi connectivity index (χ2n) is 7.73. The Bertz CT molecular complexity index is 1220. The minimum Gasteiger partial charge on any atom is -0.507 e. The number of hydrogen-bond acceptors (Lipinski definition) is 5. The van der Waals surface area contributed by atoms with Gasteiger partial charge in [0.15, 0.2) is 11.6 Å². The number of benzene rings is 2. The van der Waals surface area contributed by atoms with E-state index in [0.29, 0.717) is 5.56 Å². The molecule has 0 saturated carbocycles. The molecule has 0 aliphatic carbocycles. The van der Waals surface area contributed by atoms with E-state index in [2.05, 4.69) is 4.98 Å². The number of pyridine rings is 1. The quantitative estimate of drug-likeness (QED) is 0.345. The number of aromatic nitrogens is 1. The normalized spacial score (nSPS) is 17.4. The van der Waals surface area contributed by atoms with Gasteiger partial charge in [-0.1, -0.05) is 37.3 Å². The second kappa shape index (κ2) is 9.24. The number of aliphatic hydroxyl groups is 1. The van der Waals surface area contributed by atoms with Crippen LogP contribution in [0.15, 0.2) is 72.6 Å². The molecule has 33 heavy (non-hydrogen) atoms. The van der Waals surface area contributed by atoms with Crippen molar-refractivity contribution in [2.45, 2.75) is 25.9 Å². The third kappa shape index (κ3) is 4.22. The summed E-state index contributed by atoms with van der Waals surface area (Å²) >= 11 is 0. The monoisotopic (exact) mass is 446 g/mol. The van der Waals surface area contributed by atoms with Gasteiger partial charge in [0.25, 0.3) is 11.7 Å². The number of amides is 1. The van der Waals surface area contributed by atoms with Crippen molar-refractivity contribution >= 4 is 17.4 Å². The Morgan fingerprint density at radius 1 is 1.12 bits per heavy atom. The summed E-state index contributed by atoms with van der Waals surface area (Å²) < 4.78 is 19.2. The Labute approximate surface area is 191 Å². The predicted octanol–water partition coefficient (Wildman–Crippen LogP) is 4.41. The van der Waals surface area contributed by atoms with Crippen LogP contribution in [0, 0.1) is 5.82 Å². The lowest BCUT2D eigenvalue weighted by Crippen LogP contribution is -2.29. The largest absolute Gasteiger partial charge is 0.507 e. The van der Waals surface area contributed by atoms with E-state index in [9.17, 15) is 19.1 Å². The first kappa shape index (κ1) is 22.2. The van der Waals surface area contributed by atoms with Crippen molar-refractivity contribution in [1.82, 2.24) is 9.88 Å². The third-order valence-electron chi connectivity index (χ3n) is 5.74. The molecule has 3 aromatic rings. The molecule has 0 spiro atoms. The SMILES string of the molecule is CCc1ccc([C@@H]2C(=C(O)c3ccc(OC)c(F)c3)C(=O)C(=O)N2Cc2cccnc2)cc1. The minimum atomic E-state index is -0.832. The summed E-state index contributed by atoms with van der Waals surface area (Å²) in [5.74, 6) is -2.67. The number of hydrogen-bond donors (Lipinski definition) is 1. The van der Waals surface area contributed by atoms with Crippen LogP contribution in [0.25, 0.3) is 5.76 Å². The number of ether oxygens (including phenoxy) is 1. The summed E-state index contributed by atoms with van der Waals surface area (Å²) in [7, 11) is 1.34. The van der Waals surface area contributed by atoms with Crippen molar-refractivity contribution in [1.29, 1.82) is 0 Å². The van der Waals surface area contributed by atoms with Gasteiger partial charge in [0, 0.05) is 24.5 Å². The first-order valence-electron chi connectivity index (χ1n) is 10.5. The average molecular weight is 446 g/mol. The van der Waals surface area contributed by atoms with Crippen molar-refractivity contribution in [3.8, 4) is 5.75 Å². The van der Waals surface area contributed by atoms with Crippen LogP contribution in [0.5, 0.6) is 5.75 Å². The molecular weight excluding hydrogens is 423 g/mol. The van der Waals surface area contributed by atoms with Gasteiger partial charge in [0.1, 0.15) is 5.76 Å². The van der Waals surface area contributed by atoms with E-state index in [1.165, 1.54) is 24.1 Å². The lowest BCUT2D eigenvalue weighted by molar-refractivity contribution is -0.140. The standard InChI is InChI=1S/C26H23FN2O4/c1-3-16-6-8-18(9-7-16)23-22(24(30)19-10-11-21(33-2)20(27)13-19)25(31)26(32)29(23)15-17-5-4-12-28-14-17/h4-14,23,30H,3,15H2,1-2H3/t23-/m1/s1. The fourth-order valence-electron chi connectivity index (χ4n) is 3.98. The van der Waals surface area contributed by atoms with E-state index in [0.717, 1.165) is 23.6 Å². The van der Waals surface area contributed by atoms with Gasteiger partial charge in [-0.15, -0.1) is 0 Å². The Morgan fingerprint density at radius 2 is 1.88 bits per heavy atom. The summed E-state index contributed by atoms with van der Waals surface area (Å²) in [4.78, 5) is 31.6. The molecule has 0 unspecified atom stereocenters. The van der Waals surface area contributed by atoms with Crippen LogP contribution < -0.4 is 4.74 Å². The maximum atomic E-state index is 14.3. The number of aliphatic hydroxyl groups excluding tert-OH is 1. The van der Waals surface area contributed by atoms with Crippen LogP contribution >= 0.6 is 0 Å². The zero-order chi connectivity index (χ0) is 23.5. The second-order valence-corrected chi connectivity index (χ2v) is 7.73. The van der Waals surface area contributed by atoms with Crippen molar-refractivity contribution < 1.29 is 23.8 Å². The van der Waals surface area contributed by atoms with Gasteiger partial charge in [0.2, 0.25) is 0 Å². The van der Waals surface area contributed by atoms with Crippen molar-refractivity contribution in [2.75, 3.05) is 7.11 Å². The van der Waals surface area contributed by atoms with Crippen LogP contribution in [0.1, 0.15) is 35.2 Å². The number of carbonyl (C=O) groups is 2. The number of methoxy groups -OCH3 is 1. The van der Waals surface area contributed by atoms with Gasteiger partial charge in [-0.2, -0.15) is 0 Å². The zero-order valence-electron chi connectivity index (χ0n) is 18.3. The molecule has 0 bridgehead atoms. The van der Waals surface area contributed by atoms with Gasteiger partial charge in [-0.3, -0.25) is 14.6 Å². The lowest BCUT2D eigenvalue weighted by atomic mass is 9.94. The number of likely N-dealkylation sites (tertiary alicyclic amines) is 1. The average Bonchev–Trinajstić information content (AvgIpc) is 3.09. The maximum absolute atomic E-state index is 14.3. The molecule has 7 heteroatoms. The lowest BCUT2D eigenvalue weighted by Gasteiger charge is -2.25. The van der Waals surface area contributed by atoms with Crippen LogP contribution in [0.2, 0.25) is 0 Å². The highest BCUT2D eigenvalue weighted by molar-refractivity contribution is 6.46. The molecule has 1 fully saturated rings. The molecule has 0 radical (unpaired) electrons. The van der Waals surface area contributed by atoms with Crippen molar-refractivity contribution in [3.63, 3.8) is 0 Å². The topological polar surface area (TPSA) is 79.7 Å².